The summed E-state index contributed by atoms with van der Waals surface area (Å²) in [7, 11) is 3.07. The van der Waals surface area contributed by atoms with Crippen LogP contribution in [0.3, 0.4) is 0 Å². The Morgan fingerprint density at radius 2 is 1.97 bits per heavy atom. The number of aliphatic imine (C=N–C) groups is 1. The quantitative estimate of drug-likeness (QED) is 0.173. The molecule has 1 aromatic rings. The molecule has 12 heteroatoms. The minimum Gasteiger partial charge on any atom is -0.496 e. The molecule has 12 nitrogen and oxygen atoms in total. The summed E-state index contributed by atoms with van der Waals surface area (Å²) in [6.45, 7) is 0.642. The Bertz CT molecular complexity index is 903. The zero-order valence-electron chi connectivity index (χ0n) is 18.7. The molecule has 0 aliphatic carbocycles. The first-order chi connectivity index (χ1) is 15.6. The zero-order valence-corrected chi connectivity index (χ0v) is 18.7. The number of likely N-dealkylation sites (N-methyl/N-ethyl adjacent to an activating group) is 1. The third kappa shape index (κ3) is 6.57. The van der Waals surface area contributed by atoms with Crippen LogP contribution < -0.4 is 21.5 Å². The number of hydrogen-bond donors (Lipinski definition) is 6. The van der Waals surface area contributed by atoms with Gasteiger partial charge in [-0.05, 0) is 12.1 Å². The second kappa shape index (κ2) is 11.5. The molecule has 2 rings (SSSR count). The van der Waals surface area contributed by atoms with E-state index in [-0.39, 0.29) is 18.3 Å². The van der Waals surface area contributed by atoms with Gasteiger partial charge >= 0.3 is 0 Å². The van der Waals surface area contributed by atoms with Crippen molar-refractivity contribution in [2.24, 2.45) is 16.5 Å². The lowest BCUT2D eigenvalue weighted by atomic mass is 9.92. The number of carbonyl (C=O) groups is 2. The highest BCUT2D eigenvalue weighted by molar-refractivity contribution is 5.92. The second-order valence-electron chi connectivity index (χ2n) is 7.60. The van der Waals surface area contributed by atoms with Crippen LogP contribution in [-0.2, 0) is 20.9 Å². The Labute approximate surface area is 191 Å². The van der Waals surface area contributed by atoms with Crippen molar-refractivity contribution in [2.75, 3.05) is 20.8 Å². The van der Waals surface area contributed by atoms with Crippen LogP contribution in [0.5, 0.6) is 5.75 Å². The number of ether oxygens (including phenoxy) is 2. The van der Waals surface area contributed by atoms with Crippen molar-refractivity contribution in [2.45, 2.75) is 43.9 Å². The Balaban J connectivity index is 2.40. The number of methoxy groups -OCH3 is 1. The van der Waals surface area contributed by atoms with E-state index in [2.05, 4.69) is 10.3 Å². The fraction of sp³-hybridized carbons (Fsp3) is 0.476. The van der Waals surface area contributed by atoms with E-state index >= 15 is 0 Å². The minimum atomic E-state index is -1.67. The van der Waals surface area contributed by atoms with Gasteiger partial charge in [-0.25, -0.2) is 4.99 Å². The molecular weight excluding hydrogens is 434 g/mol. The predicted molar refractivity (Wildman–Crippen MR) is 119 cm³/mol. The number of para-hydroxylation sites is 1. The number of carbonyl (C=O) groups excluding carboxylic acids is 2. The molecule has 0 spiro atoms. The standard InChI is InChI=1S/C21H31N5O7/c1-11(28)24-17-13(25-21(22)23)8-16(33-19(17)18(30)14(29)10-27)20(31)26(2)9-12-6-4-5-7-15(12)32-3/h4-8,13-14,17-19,27,29-30H,9-10H2,1-3H3,(H,24,28)(H4,22,23,25)/t13-,14+,17+,18+,19+/m0/s1. The van der Waals surface area contributed by atoms with E-state index in [1.807, 2.05) is 6.07 Å². The summed E-state index contributed by atoms with van der Waals surface area (Å²) in [5, 5.41) is 32.4. The Morgan fingerprint density at radius 1 is 1.30 bits per heavy atom. The number of nitrogens with one attached hydrogen (secondary N) is 1. The number of hydrogen-bond acceptors (Lipinski definition) is 8. The first-order valence-corrected chi connectivity index (χ1v) is 10.2. The maximum absolute atomic E-state index is 13.2. The molecule has 0 unspecified atom stereocenters. The molecule has 0 fully saturated rings. The molecule has 0 radical (unpaired) electrons. The molecule has 1 aliphatic heterocycles. The largest absolute Gasteiger partial charge is 0.496 e. The third-order valence-electron chi connectivity index (χ3n) is 5.05. The summed E-state index contributed by atoms with van der Waals surface area (Å²) in [5.74, 6) is -0.962. The van der Waals surface area contributed by atoms with Gasteiger partial charge in [0.15, 0.2) is 11.7 Å². The van der Waals surface area contributed by atoms with Crippen molar-refractivity contribution in [3.05, 3.63) is 41.7 Å². The Morgan fingerprint density at radius 3 is 2.55 bits per heavy atom. The number of aliphatic hydroxyl groups excluding tert-OH is 3. The number of nitrogens with zero attached hydrogens (tertiary/aromatic N) is 2. The van der Waals surface area contributed by atoms with Gasteiger partial charge in [0.1, 0.15) is 24.1 Å². The SMILES string of the molecule is COc1ccccc1CN(C)C(=O)C1=C[C@H](N=C(N)N)[C@@H](NC(C)=O)[C@H]([C@H](O)[C@H](O)CO)O1. The van der Waals surface area contributed by atoms with E-state index in [1.165, 1.54) is 25.0 Å². The van der Waals surface area contributed by atoms with E-state index in [1.54, 1.807) is 25.2 Å². The molecule has 1 heterocycles. The number of amides is 2. The average Bonchev–Trinajstić information content (AvgIpc) is 2.78. The molecule has 1 aliphatic rings. The average molecular weight is 466 g/mol. The Hall–Kier alpha value is -3.35. The van der Waals surface area contributed by atoms with Gasteiger partial charge in [-0.3, -0.25) is 9.59 Å². The summed E-state index contributed by atoms with van der Waals surface area (Å²) in [6.07, 6.45) is -3.28. The van der Waals surface area contributed by atoms with Crippen LogP contribution in [0.25, 0.3) is 0 Å². The summed E-state index contributed by atoms with van der Waals surface area (Å²) in [6, 6.07) is 5.16. The number of nitrogens with two attached hydrogens (primary N) is 2. The van der Waals surface area contributed by atoms with Gasteiger partial charge in [0, 0.05) is 26.1 Å². The maximum atomic E-state index is 13.2. The molecule has 0 aromatic heterocycles. The molecule has 5 atom stereocenters. The second-order valence-corrected chi connectivity index (χ2v) is 7.60. The summed E-state index contributed by atoms with van der Waals surface area (Å²) < 4.78 is 11.0. The van der Waals surface area contributed by atoms with E-state index in [9.17, 15) is 24.9 Å². The number of benzene rings is 1. The fourth-order valence-electron chi connectivity index (χ4n) is 3.48. The summed E-state index contributed by atoms with van der Waals surface area (Å²) in [4.78, 5) is 30.3. The van der Waals surface area contributed by atoms with Gasteiger partial charge in [0.2, 0.25) is 5.91 Å². The molecule has 0 saturated carbocycles. The number of guanidine groups is 1. The first kappa shape index (κ1) is 25.9. The van der Waals surface area contributed by atoms with Crippen LogP contribution in [0.2, 0.25) is 0 Å². The van der Waals surface area contributed by atoms with Crippen LogP contribution in [0.4, 0.5) is 0 Å². The van der Waals surface area contributed by atoms with Gasteiger partial charge in [-0.15, -0.1) is 0 Å². The van der Waals surface area contributed by atoms with Crippen LogP contribution in [0.1, 0.15) is 12.5 Å². The topological polar surface area (TPSA) is 193 Å². The third-order valence-corrected chi connectivity index (χ3v) is 5.05. The lowest BCUT2D eigenvalue weighted by Crippen LogP contribution is -2.60. The molecule has 8 N–H and O–H groups in total. The van der Waals surface area contributed by atoms with Gasteiger partial charge in [0.05, 0.1) is 25.8 Å². The van der Waals surface area contributed by atoms with Crippen LogP contribution >= 0.6 is 0 Å². The van der Waals surface area contributed by atoms with Crippen LogP contribution in [-0.4, -0.2) is 89.2 Å². The monoisotopic (exact) mass is 465 g/mol. The van der Waals surface area contributed by atoms with Gasteiger partial charge in [-0.2, -0.15) is 0 Å². The van der Waals surface area contributed by atoms with E-state index in [0.29, 0.717) is 5.75 Å². The lowest BCUT2D eigenvalue weighted by Gasteiger charge is -2.39. The van der Waals surface area contributed by atoms with Crippen molar-refractivity contribution in [1.29, 1.82) is 0 Å². The maximum Gasteiger partial charge on any atom is 0.288 e. The predicted octanol–water partition coefficient (Wildman–Crippen LogP) is -2.20. The highest BCUT2D eigenvalue weighted by Gasteiger charge is 2.44. The van der Waals surface area contributed by atoms with Gasteiger partial charge < -0.3 is 46.5 Å². The molecule has 0 bridgehead atoms. The summed E-state index contributed by atoms with van der Waals surface area (Å²) in [5.41, 5.74) is 11.8. The molecule has 1 aromatic carbocycles. The zero-order chi connectivity index (χ0) is 24.7. The summed E-state index contributed by atoms with van der Waals surface area (Å²) >= 11 is 0. The Kier molecular flexibility index (Phi) is 9.02. The van der Waals surface area contributed by atoms with Crippen molar-refractivity contribution >= 4 is 17.8 Å². The van der Waals surface area contributed by atoms with Gasteiger partial charge in [0.25, 0.3) is 5.91 Å². The minimum absolute atomic E-state index is 0.179. The smallest absolute Gasteiger partial charge is 0.288 e. The van der Waals surface area contributed by atoms with Crippen molar-refractivity contribution in [3.63, 3.8) is 0 Å². The highest BCUT2D eigenvalue weighted by Crippen LogP contribution is 2.27. The van der Waals surface area contributed by atoms with E-state index in [0.717, 1.165) is 5.56 Å². The number of aliphatic hydroxyl groups is 3. The van der Waals surface area contributed by atoms with Crippen molar-refractivity contribution < 1.29 is 34.4 Å². The molecule has 2 amide bonds. The fourth-order valence-corrected chi connectivity index (χ4v) is 3.48. The molecular formula is C21H31N5O7. The normalized spacial score (nSPS) is 21.6. The van der Waals surface area contributed by atoms with E-state index in [4.69, 9.17) is 20.9 Å². The van der Waals surface area contributed by atoms with E-state index < -0.39 is 48.8 Å². The van der Waals surface area contributed by atoms with Crippen LogP contribution in [0, 0.1) is 0 Å². The molecule has 33 heavy (non-hydrogen) atoms. The van der Waals surface area contributed by atoms with Crippen molar-refractivity contribution in [3.8, 4) is 5.75 Å². The molecule has 182 valence electrons. The lowest BCUT2D eigenvalue weighted by molar-refractivity contribution is -0.140. The van der Waals surface area contributed by atoms with Crippen LogP contribution in [0.15, 0.2) is 41.1 Å². The molecule has 0 saturated heterocycles. The number of rotatable bonds is 9. The van der Waals surface area contributed by atoms with Crippen molar-refractivity contribution in [1.82, 2.24) is 10.2 Å². The van der Waals surface area contributed by atoms with Gasteiger partial charge in [-0.1, -0.05) is 18.2 Å². The highest BCUT2D eigenvalue weighted by atomic mass is 16.5. The first-order valence-electron chi connectivity index (χ1n) is 10.2.